The number of halogens is 3. The van der Waals surface area contributed by atoms with Crippen LogP contribution in [0.5, 0.6) is 0 Å². The first-order valence-electron chi connectivity index (χ1n) is 5.76. The minimum atomic E-state index is -0.271. The molecule has 2 aromatic carbocycles. The SMILES string of the molecule is NNC(Cc1ccccc1Br)c1ccc(F)cc1Br. The molecule has 3 N–H and O–H groups in total. The average molecular weight is 388 g/mol. The van der Waals surface area contributed by atoms with E-state index in [2.05, 4.69) is 37.3 Å². The number of nitrogens with one attached hydrogen (secondary N) is 1. The Kier molecular flexibility index (Phi) is 5.10. The summed E-state index contributed by atoms with van der Waals surface area (Å²) < 4.78 is 14.9. The summed E-state index contributed by atoms with van der Waals surface area (Å²) in [6.45, 7) is 0. The number of benzene rings is 2. The summed E-state index contributed by atoms with van der Waals surface area (Å²) in [7, 11) is 0. The Labute approximate surface area is 128 Å². The van der Waals surface area contributed by atoms with Gasteiger partial charge in [0.2, 0.25) is 0 Å². The maximum Gasteiger partial charge on any atom is 0.124 e. The molecule has 2 aromatic rings. The quantitative estimate of drug-likeness (QED) is 0.612. The average Bonchev–Trinajstić information content (AvgIpc) is 2.39. The van der Waals surface area contributed by atoms with Crippen molar-refractivity contribution in [2.75, 3.05) is 0 Å². The van der Waals surface area contributed by atoms with Crippen LogP contribution in [0, 0.1) is 5.82 Å². The van der Waals surface area contributed by atoms with E-state index in [1.165, 1.54) is 12.1 Å². The fourth-order valence-electron chi connectivity index (χ4n) is 1.93. The number of nitrogens with two attached hydrogens (primary N) is 1. The van der Waals surface area contributed by atoms with Crippen LogP contribution < -0.4 is 11.3 Å². The highest BCUT2D eigenvalue weighted by atomic mass is 79.9. The second-order valence-electron chi connectivity index (χ2n) is 4.18. The van der Waals surface area contributed by atoms with Crippen molar-refractivity contribution >= 4 is 31.9 Å². The normalized spacial score (nSPS) is 12.4. The third-order valence-electron chi connectivity index (χ3n) is 2.92. The lowest BCUT2D eigenvalue weighted by Crippen LogP contribution is -2.30. The molecule has 0 aliphatic carbocycles. The molecule has 100 valence electrons. The first-order valence-corrected chi connectivity index (χ1v) is 7.35. The minimum absolute atomic E-state index is 0.0892. The predicted octanol–water partition coefficient (Wildman–Crippen LogP) is 4.10. The Balaban J connectivity index is 2.28. The van der Waals surface area contributed by atoms with E-state index in [9.17, 15) is 4.39 Å². The molecule has 2 nitrogen and oxygen atoms in total. The van der Waals surface area contributed by atoms with Crippen LogP contribution in [0.2, 0.25) is 0 Å². The summed E-state index contributed by atoms with van der Waals surface area (Å²) in [6, 6.07) is 12.5. The van der Waals surface area contributed by atoms with E-state index in [1.54, 1.807) is 6.07 Å². The van der Waals surface area contributed by atoms with Crippen LogP contribution in [0.15, 0.2) is 51.4 Å². The van der Waals surface area contributed by atoms with Crippen molar-refractivity contribution in [3.63, 3.8) is 0 Å². The highest BCUT2D eigenvalue weighted by Crippen LogP contribution is 2.28. The summed E-state index contributed by atoms with van der Waals surface area (Å²) in [6.07, 6.45) is 0.710. The van der Waals surface area contributed by atoms with Gasteiger partial charge in [-0.25, -0.2) is 4.39 Å². The minimum Gasteiger partial charge on any atom is -0.271 e. The highest BCUT2D eigenvalue weighted by molar-refractivity contribution is 9.10. The van der Waals surface area contributed by atoms with Crippen LogP contribution in [0.3, 0.4) is 0 Å². The smallest absolute Gasteiger partial charge is 0.124 e. The molecule has 0 saturated heterocycles. The third-order valence-corrected chi connectivity index (χ3v) is 4.38. The number of hydrazine groups is 1. The third kappa shape index (κ3) is 3.63. The van der Waals surface area contributed by atoms with Gasteiger partial charge in [0.1, 0.15) is 5.82 Å². The van der Waals surface area contributed by atoms with Gasteiger partial charge in [0, 0.05) is 8.95 Å². The van der Waals surface area contributed by atoms with Gasteiger partial charge in [-0.1, -0.05) is 56.1 Å². The van der Waals surface area contributed by atoms with Crippen molar-refractivity contribution in [1.82, 2.24) is 5.43 Å². The van der Waals surface area contributed by atoms with Crippen molar-refractivity contribution in [2.24, 2.45) is 5.84 Å². The molecule has 1 unspecified atom stereocenters. The molecule has 0 aliphatic rings. The molecule has 5 heteroatoms. The largest absolute Gasteiger partial charge is 0.271 e. The van der Waals surface area contributed by atoms with Gasteiger partial charge < -0.3 is 0 Å². The molecular formula is C14H13Br2FN2. The molecule has 0 heterocycles. The molecular weight excluding hydrogens is 375 g/mol. The van der Waals surface area contributed by atoms with Crippen LogP contribution in [0.1, 0.15) is 17.2 Å². The van der Waals surface area contributed by atoms with Crippen LogP contribution in [-0.4, -0.2) is 0 Å². The number of hydrogen-bond acceptors (Lipinski definition) is 2. The zero-order chi connectivity index (χ0) is 13.8. The van der Waals surface area contributed by atoms with Crippen LogP contribution in [-0.2, 0) is 6.42 Å². The monoisotopic (exact) mass is 386 g/mol. The number of rotatable bonds is 4. The standard InChI is InChI=1S/C14H13Br2FN2/c15-12-4-2-1-3-9(12)7-14(19-18)11-6-5-10(17)8-13(11)16/h1-6,8,14,19H,7,18H2. The molecule has 1 atom stereocenters. The van der Waals surface area contributed by atoms with E-state index in [4.69, 9.17) is 5.84 Å². The lowest BCUT2D eigenvalue weighted by molar-refractivity contribution is 0.546. The molecule has 0 fully saturated rings. The first kappa shape index (κ1) is 14.7. The van der Waals surface area contributed by atoms with E-state index in [0.717, 1.165) is 15.6 Å². The van der Waals surface area contributed by atoms with Gasteiger partial charge >= 0.3 is 0 Å². The van der Waals surface area contributed by atoms with Crippen molar-refractivity contribution in [3.8, 4) is 0 Å². The Morgan fingerprint density at radius 3 is 2.47 bits per heavy atom. The molecule has 0 spiro atoms. The zero-order valence-electron chi connectivity index (χ0n) is 10.0. The summed E-state index contributed by atoms with van der Waals surface area (Å²) >= 11 is 6.89. The van der Waals surface area contributed by atoms with E-state index in [0.29, 0.717) is 10.9 Å². The molecule has 0 aliphatic heterocycles. The fourth-order valence-corrected chi connectivity index (χ4v) is 3.00. The van der Waals surface area contributed by atoms with Crippen LogP contribution in [0.4, 0.5) is 4.39 Å². The molecule has 0 amide bonds. The number of hydrogen-bond donors (Lipinski definition) is 2. The van der Waals surface area contributed by atoms with Crippen LogP contribution in [0.25, 0.3) is 0 Å². The molecule has 2 rings (SSSR count). The van der Waals surface area contributed by atoms with E-state index in [1.807, 2.05) is 24.3 Å². The Bertz CT molecular complexity index is 575. The Morgan fingerprint density at radius 2 is 1.84 bits per heavy atom. The van der Waals surface area contributed by atoms with Gasteiger partial charge in [-0.3, -0.25) is 11.3 Å². The van der Waals surface area contributed by atoms with Gasteiger partial charge in [-0.05, 0) is 35.7 Å². The summed E-state index contributed by atoms with van der Waals surface area (Å²) in [4.78, 5) is 0. The highest BCUT2D eigenvalue weighted by Gasteiger charge is 2.15. The van der Waals surface area contributed by atoms with Crippen molar-refractivity contribution in [3.05, 3.63) is 68.4 Å². The maximum absolute atomic E-state index is 13.1. The van der Waals surface area contributed by atoms with E-state index in [-0.39, 0.29) is 11.9 Å². The van der Waals surface area contributed by atoms with Crippen molar-refractivity contribution in [2.45, 2.75) is 12.5 Å². The summed E-state index contributed by atoms with van der Waals surface area (Å²) in [5.74, 6) is 5.36. The molecule has 0 saturated carbocycles. The van der Waals surface area contributed by atoms with Gasteiger partial charge in [0.15, 0.2) is 0 Å². The summed E-state index contributed by atoms with van der Waals surface area (Å²) in [5.41, 5.74) is 4.85. The van der Waals surface area contributed by atoms with E-state index >= 15 is 0 Å². The molecule has 0 bridgehead atoms. The maximum atomic E-state index is 13.1. The molecule has 0 aromatic heterocycles. The van der Waals surface area contributed by atoms with Crippen molar-refractivity contribution < 1.29 is 4.39 Å². The zero-order valence-corrected chi connectivity index (χ0v) is 13.2. The van der Waals surface area contributed by atoms with Gasteiger partial charge in [-0.15, -0.1) is 0 Å². The van der Waals surface area contributed by atoms with Gasteiger partial charge in [0.25, 0.3) is 0 Å². The van der Waals surface area contributed by atoms with E-state index < -0.39 is 0 Å². The topological polar surface area (TPSA) is 38.0 Å². The summed E-state index contributed by atoms with van der Waals surface area (Å²) in [5, 5.41) is 0. The Morgan fingerprint density at radius 1 is 1.11 bits per heavy atom. The lowest BCUT2D eigenvalue weighted by Gasteiger charge is -2.18. The first-order chi connectivity index (χ1) is 9.11. The second-order valence-corrected chi connectivity index (χ2v) is 5.89. The van der Waals surface area contributed by atoms with Crippen LogP contribution >= 0.6 is 31.9 Å². The lowest BCUT2D eigenvalue weighted by atomic mass is 9.99. The van der Waals surface area contributed by atoms with Gasteiger partial charge in [0.05, 0.1) is 6.04 Å². The predicted molar refractivity (Wildman–Crippen MR) is 82.0 cm³/mol. The van der Waals surface area contributed by atoms with Gasteiger partial charge in [-0.2, -0.15) is 0 Å². The Hall–Kier alpha value is -0.750. The fraction of sp³-hybridized carbons (Fsp3) is 0.143. The second kappa shape index (κ2) is 6.61. The molecule has 19 heavy (non-hydrogen) atoms. The molecule has 0 radical (unpaired) electrons. The van der Waals surface area contributed by atoms with Crippen molar-refractivity contribution in [1.29, 1.82) is 0 Å².